The molecule has 3 rings (SSSR count). The Bertz CT molecular complexity index is 1070. The Morgan fingerprint density at radius 3 is 2.35 bits per heavy atom. The molecule has 8 nitrogen and oxygen atoms in total. The quantitative estimate of drug-likeness (QED) is 0.468. The molecule has 0 saturated carbocycles. The van der Waals surface area contributed by atoms with Crippen molar-refractivity contribution in [3.8, 4) is 17.2 Å². The van der Waals surface area contributed by atoms with E-state index < -0.39 is 17.8 Å². The molecule has 1 aliphatic rings. The number of urea groups is 1. The maximum absolute atomic E-state index is 13.2. The summed E-state index contributed by atoms with van der Waals surface area (Å²) in [5, 5.41) is 2.21. The van der Waals surface area contributed by atoms with Gasteiger partial charge in [-0.2, -0.15) is 0 Å². The standard InChI is InChI=1S/C22H21BrN2O6/c1-4-30-14-7-9-19(31-5-2)17(12-14)25-21(27)15(20(26)24-22(25)28)10-13-6-8-18(29-3)16(23)11-13/h6-12H,4-5H2,1-3H3,(H,24,26,28)/b15-10+. The maximum Gasteiger partial charge on any atom is 0.336 e. The van der Waals surface area contributed by atoms with Crippen molar-refractivity contribution in [2.45, 2.75) is 13.8 Å². The summed E-state index contributed by atoms with van der Waals surface area (Å²) in [5.74, 6) is -0.168. The summed E-state index contributed by atoms with van der Waals surface area (Å²) in [7, 11) is 1.53. The first-order chi connectivity index (χ1) is 14.9. The summed E-state index contributed by atoms with van der Waals surface area (Å²) >= 11 is 3.38. The number of hydrogen-bond acceptors (Lipinski definition) is 6. The van der Waals surface area contributed by atoms with Crippen LogP contribution in [0.1, 0.15) is 19.4 Å². The zero-order valence-electron chi connectivity index (χ0n) is 17.2. The van der Waals surface area contributed by atoms with E-state index in [4.69, 9.17) is 14.2 Å². The van der Waals surface area contributed by atoms with Gasteiger partial charge in [-0.3, -0.25) is 14.9 Å². The Morgan fingerprint density at radius 1 is 1.00 bits per heavy atom. The lowest BCUT2D eigenvalue weighted by Gasteiger charge is -2.28. The number of imide groups is 2. The molecule has 0 aliphatic carbocycles. The van der Waals surface area contributed by atoms with Gasteiger partial charge in [-0.1, -0.05) is 6.07 Å². The van der Waals surface area contributed by atoms with Crippen LogP contribution < -0.4 is 24.4 Å². The van der Waals surface area contributed by atoms with E-state index >= 15 is 0 Å². The Morgan fingerprint density at radius 2 is 1.71 bits per heavy atom. The number of anilines is 1. The van der Waals surface area contributed by atoms with Crippen molar-refractivity contribution in [3.05, 3.63) is 52.0 Å². The van der Waals surface area contributed by atoms with Crippen molar-refractivity contribution < 1.29 is 28.6 Å². The van der Waals surface area contributed by atoms with Crippen LogP contribution >= 0.6 is 15.9 Å². The second-order valence-electron chi connectivity index (χ2n) is 6.35. The van der Waals surface area contributed by atoms with E-state index in [1.165, 1.54) is 19.3 Å². The minimum Gasteiger partial charge on any atom is -0.496 e. The molecule has 2 aromatic carbocycles. The van der Waals surface area contributed by atoms with Crippen molar-refractivity contribution in [2.24, 2.45) is 0 Å². The topological polar surface area (TPSA) is 94.2 Å². The van der Waals surface area contributed by atoms with Crippen LogP contribution in [0.15, 0.2) is 46.4 Å². The highest BCUT2D eigenvalue weighted by Crippen LogP contribution is 2.35. The normalized spacial score (nSPS) is 15.2. The number of carbonyl (C=O) groups excluding carboxylic acids is 3. The Balaban J connectivity index is 2.05. The molecular formula is C22H21BrN2O6. The van der Waals surface area contributed by atoms with Crippen LogP contribution in [0.4, 0.5) is 10.5 Å². The van der Waals surface area contributed by atoms with E-state index in [-0.39, 0.29) is 11.3 Å². The number of amides is 4. The summed E-state index contributed by atoms with van der Waals surface area (Å²) < 4.78 is 16.9. The molecule has 9 heteroatoms. The van der Waals surface area contributed by atoms with Gasteiger partial charge in [0, 0.05) is 6.07 Å². The lowest BCUT2D eigenvalue weighted by molar-refractivity contribution is -0.122. The molecule has 0 bridgehead atoms. The zero-order valence-corrected chi connectivity index (χ0v) is 18.8. The van der Waals surface area contributed by atoms with E-state index in [0.717, 1.165) is 4.90 Å². The smallest absolute Gasteiger partial charge is 0.336 e. The van der Waals surface area contributed by atoms with Gasteiger partial charge < -0.3 is 14.2 Å². The van der Waals surface area contributed by atoms with Gasteiger partial charge in [0.1, 0.15) is 22.8 Å². The van der Waals surface area contributed by atoms with E-state index in [2.05, 4.69) is 21.2 Å². The lowest BCUT2D eigenvalue weighted by Crippen LogP contribution is -2.54. The molecule has 1 fully saturated rings. The predicted octanol–water partition coefficient (Wildman–Crippen LogP) is 3.92. The van der Waals surface area contributed by atoms with Gasteiger partial charge in [-0.25, -0.2) is 9.69 Å². The zero-order chi connectivity index (χ0) is 22.5. The lowest BCUT2D eigenvalue weighted by atomic mass is 10.1. The second-order valence-corrected chi connectivity index (χ2v) is 7.20. The Hall–Kier alpha value is -3.33. The van der Waals surface area contributed by atoms with Crippen LogP contribution in [0.25, 0.3) is 6.08 Å². The van der Waals surface area contributed by atoms with Gasteiger partial charge in [-0.05, 0) is 65.7 Å². The van der Waals surface area contributed by atoms with Crippen molar-refractivity contribution in [1.82, 2.24) is 5.32 Å². The molecule has 31 heavy (non-hydrogen) atoms. The number of halogens is 1. The second kappa shape index (κ2) is 9.65. The number of nitrogens with zero attached hydrogens (tertiary/aromatic N) is 1. The first kappa shape index (κ1) is 22.4. The fourth-order valence-electron chi connectivity index (χ4n) is 3.02. The number of hydrogen-bond donors (Lipinski definition) is 1. The number of carbonyl (C=O) groups is 3. The van der Waals surface area contributed by atoms with Gasteiger partial charge in [0.15, 0.2) is 0 Å². The number of barbiturate groups is 1. The van der Waals surface area contributed by atoms with E-state index in [9.17, 15) is 14.4 Å². The molecule has 1 N–H and O–H groups in total. The third-order valence-electron chi connectivity index (χ3n) is 4.37. The molecule has 4 amide bonds. The molecule has 1 saturated heterocycles. The summed E-state index contributed by atoms with van der Waals surface area (Å²) in [6, 6.07) is 9.06. The average Bonchev–Trinajstić information content (AvgIpc) is 2.73. The van der Waals surface area contributed by atoms with Crippen molar-refractivity contribution in [3.63, 3.8) is 0 Å². The first-order valence-corrected chi connectivity index (χ1v) is 10.3. The number of nitrogens with one attached hydrogen (secondary N) is 1. The molecule has 0 spiro atoms. The maximum atomic E-state index is 13.2. The Kier molecular flexibility index (Phi) is 6.96. The summed E-state index contributed by atoms with van der Waals surface area (Å²) in [5.41, 5.74) is 0.569. The van der Waals surface area contributed by atoms with Crippen molar-refractivity contribution in [2.75, 3.05) is 25.2 Å². The number of methoxy groups -OCH3 is 1. The van der Waals surface area contributed by atoms with E-state index in [1.54, 1.807) is 37.3 Å². The molecule has 162 valence electrons. The highest BCUT2D eigenvalue weighted by Gasteiger charge is 2.38. The van der Waals surface area contributed by atoms with Crippen molar-refractivity contribution >= 4 is 45.5 Å². The average molecular weight is 489 g/mol. The molecule has 1 heterocycles. The molecule has 0 aromatic heterocycles. The van der Waals surface area contributed by atoms with E-state index in [1.807, 2.05) is 6.92 Å². The highest BCUT2D eigenvalue weighted by molar-refractivity contribution is 9.10. The monoisotopic (exact) mass is 488 g/mol. The molecule has 2 aromatic rings. The third-order valence-corrected chi connectivity index (χ3v) is 4.99. The molecular weight excluding hydrogens is 468 g/mol. The van der Waals surface area contributed by atoms with Crippen LogP contribution in [0.2, 0.25) is 0 Å². The van der Waals surface area contributed by atoms with E-state index in [0.29, 0.717) is 40.5 Å². The van der Waals surface area contributed by atoms with Crippen LogP contribution in [-0.4, -0.2) is 38.2 Å². The van der Waals surface area contributed by atoms with Gasteiger partial charge >= 0.3 is 6.03 Å². The minimum absolute atomic E-state index is 0.185. The highest BCUT2D eigenvalue weighted by atomic mass is 79.9. The minimum atomic E-state index is -0.863. The molecule has 1 aliphatic heterocycles. The van der Waals surface area contributed by atoms with Gasteiger partial charge in [0.05, 0.1) is 30.5 Å². The Labute approximate surface area is 187 Å². The molecule has 0 atom stereocenters. The number of ether oxygens (including phenoxy) is 3. The SMILES string of the molecule is CCOc1ccc(OCC)c(N2C(=O)NC(=O)/C(=C\c3ccc(OC)c(Br)c3)C2=O)c1. The van der Waals surface area contributed by atoms with Crippen LogP contribution in [0.3, 0.4) is 0 Å². The van der Waals surface area contributed by atoms with Gasteiger partial charge in [0.2, 0.25) is 0 Å². The summed E-state index contributed by atoms with van der Waals surface area (Å²) in [4.78, 5) is 39.1. The van der Waals surface area contributed by atoms with Crippen LogP contribution in [-0.2, 0) is 9.59 Å². The van der Waals surface area contributed by atoms with Crippen molar-refractivity contribution in [1.29, 1.82) is 0 Å². The summed E-state index contributed by atoms with van der Waals surface area (Å²) in [6.45, 7) is 4.34. The predicted molar refractivity (Wildman–Crippen MR) is 118 cm³/mol. The summed E-state index contributed by atoms with van der Waals surface area (Å²) in [6.07, 6.45) is 1.41. The fraction of sp³-hybridized carbons (Fsp3) is 0.227. The fourth-order valence-corrected chi connectivity index (χ4v) is 3.58. The van der Waals surface area contributed by atoms with Gasteiger partial charge in [-0.15, -0.1) is 0 Å². The van der Waals surface area contributed by atoms with Crippen LogP contribution in [0, 0.1) is 0 Å². The number of benzene rings is 2. The van der Waals surface area contributed by atoms with Gasteiger partial charge in [0.25, 0.3) is 11.8 Å². The molecule has 0 radical (unpaired) electrons. The molecule has 0 unspecified atom stereocenters. The third kappa shape index (κ3) is 4.72. The van der Waals surface area contributed by atoms with Crippen LogP contribution in [0.5, 0.6) is 17.2 Å². The largest absolute Gasteiger partial charge is 0.496 e. The first-order valence-electron chi connectivity index (χ1n) is 9.54. The number of rotatable bonds is 7.